The lowest BCUT2D eigenvalue weighted by atomic mass is 10.2. The zero-order valence-corrected chi connectivity index (χ0v) is 13.5. The number of non-ortho nitro benzene ring substituents is 1. The molecule has 0 saturated heterocycles. The highest BCUT2D eigenvalue weighted by Crippen LogP contribution is 2.37. The van der Waals surface area contributed by atoms with Gasteiger partial charge in [-0.25, -0.2) is 0 Å². The Morgan fingerprint density at radius 3 is 2.42 bits per heavy atom. The summed E-state index contributed by atoms with van der Waals surface area (Å²) in [5.74, 6) is 0.708. The predicted octanol–water partition coefficient (Wildman–Crippen LogP) is 4.26. The summed E-state index contributed by atoms with van der Waals surface area (Å²) in [7, 11) is 0. The molecular weight excluding hydrogens is 382 g/mol. The van der Waals surface area contributed by atoms with Gasteiger partial charge in [0.1, 0.15) is 11.5 Å². The average molecular weight is 395 g/mol. The molecule has 0 aliphatic carbocycles. The van der Waals surface area contributed by atoms with Crippen LogP contribution in [0, 0.1) is 10.1 Å². The van der Waals surface area contributed by atoms with Crippen LogP contribution in [0.4, 0.5) is 5.69 Å². The van der Waals surface area contributed by atoms with E-state index in [4.69, 9.17) is 4.74 Å². The molecule has 0 unspecified atom stereocenters. The molecule has 0 aromatic heterocycles. The molecule has 0 spiro atoms. The number of rotatable bonds is 7. The van der Waals surface area contributed by atoms with Gasteiger partial charge in [0.25, 0.3) is 5.69 Å². The van der Waals surface area contributed by atoms with Crippen molar-refractivity contribution in [3.8, 4) is 5.75 Å². The lowest BCUT2D eigenvalue weighted by Crippen LogP contribution is -2.03. The standard InChI is InChI=1S/C12H13Br2NO4/c1-2-9(16)4-3-5-19-12-10(13)6-8(15(17)18)7-11(12)14/h6-7H,2-5H2,1H3. The largest absolute Gasteiger partial charge is 0.491 e. The number of halogens is 2. The number of nitrogens with zero attached hydrogens (tertiary/aromatic N) is 1. The van der Waals surface area contributed by atoms with Gasteiger partial charge in [-0.2, -0.15) is 0 Å². The second-order valence-electron chi connectivity index (χ2n) is 3.84. The number of hydrogen-bond acceptors (Lipinski definition) is 4. The first-order valence-electron chi connectivity index (χ1n) is 5.73. The third kappa shape index (κ3) is 4.91. The van der Waals surface area contributed by atoms with E-state index in [1.165, 1.54) is 12.1 Å². The Kier molecular flexibility index (Phi) is 6.44. The second-order valence-corrected chi connectivity index (χ2v) is 5.55. The van der Waals surface area contributed by atoms with E-state index in [-0.39, 0.29) is 11.5 Å². The van der Waals surface area contributed by atoms with Gasteiger partial charge in [0.2, 0.25) is 0 Å². The Hall–Kier alpha value is -0.950. The van der Waals surface area contributed by atoms with Gasteiger partial charge in [-0.3, -0.25) is 14.9 Å². The predicted molar refractivity (Wildman–Crippen MR) is 78.5 cm³/mol. The number of Topliss-reactive ketones (excluding diaryl/α,β-unsaturated/α-hetero) is 1. The van der Waals surface area contributed by atoms with Crippen LogP contribution in [-0.4, -0.2) is 17.3 Å². The van der Waals surface area contributed by atoms with Gasteiger partial charge in [-0.15, -0.1) is 0 Å². The summed E-state index contributed by atoms with van der Waals surface area (Å²) in [5, 5.41) is 10.7. The minimum Gasteiger partial charge on any atom is -0.491 e. The van der Waals surface area contributed by atoms with Crippen molar-refractivity contribution in [2.75, 3.05) is 6.61 Å². The molecule has 19 heavy (non-hydrogen) atoms. The molecule has 0 amide bonds. The SMILES string of the molecule is CCC(=O)CCCOc1c(Br)cc([N+](=O)[O-])cc1Br. The first-order valence-corrected chi connectivity index (χ1v) is 7.32. The van der Waals surface area contributed by atoms with Crippen molar-refractivity contribution in [2.24, 2.45) is 0 Å². The van der Waals surface area contributed by atoms with Gasteiger partial charge in [0.05, 0.1) is 20.5 Å². The monoisotopic (exact) mass is 393 g/mol. The molecule has 0 fully saturated rings. The van der Waals surface area contributed by atoms with Crippen LogP contribution >= 0.6 is 31.9 Å². The molecule has 1 aromatic carbocycles. The van der Waals surface area contributed by atoms with Crippen molar-refractivity contribution in [3.63, 3.8) is 0 Å². The molecule has 0 saturated carbocycles. The summed E-state index contributed by atoms with van der Waals surface area (Å²) in [4.78, 5) is 21.3. The molecular formula is C12H13Br2NO4. The van der Waals surface area contributed by atoms with E-state index in [2.05, 4.69) is 31.9 Å². The van der Waals surface area contributed by atoms with Gasteiger partial charge in [0.15, 0.2) is 0 Å². The number of ether oxygens (including phenoxy) is 1. The van der Waals surface area contributed by atoms with Crippen LogP contribution in [0.2, 0.25) is 0 Å². The van der Waals surface area contributed by atoms with Crippen molar-refractivity contribution in [3.05, 3.63) is 31.2 Å². The lowest BCUT2D eigenvalue weighted by Gasteiger charge is -2.09. The van der Waals surface area contributed by atoms with Gasteiger partial charge >= 0.3 is 0 Å². The topological polar surface area (TPSA) is 69.4 Å². The molecule has 0 heterocycles. The third-order valence-electron chi connectivity index (χ3n) is 2.43. The van der Waals surface area contributed by atoms with Crippen LogP contribution in [0.25, 0.3) is 0 Å². The van der Waals surface area contributed by atoms with Crippen molar-refractivity contribution in [1.82, 2.24) is 0 Å². The summed E-state index contributed by atoms with van der Waals surface area (Å²) in [6, 6.07) is 2.77. The second kappa shape index (κ2) is 7.59. The van der Waals surface area contributed by atoms with Crippen LogP contribution in [0.15, 0.2) is 21.1 Å². The van der Waals surface area contributed by atoms with E-state index < -0.39 is 4.92 Å². The summed E-state index contributed by atoms with van der Waals surface area (Å²) >= 11 is 6.47. The molecule has 0 N–H and O–H groups in total. The van der Waals surface area contributed by atoms with Crippen LogP contribution in [0.5, 0.6) is 5.75 Å². The molecule has 0 aliphatic heterocycles. The normalized spacial score (nSPS) is 10.3. The molecule has 0 radical (unpaired) electrons. The number of benzene rings is 1. The number of nitro benzene ring substituents is 1. The highest BCUT2D eigenvalue weighted by atomic mass is 79.9. The number of carbonyl (C=O) groups excluding carboxylic acids is 1. The number of nitro groups is 1. The fraction of sp³-hybridized carbons (Fsp3) is 0.417. The fourth-order valence-corrected chi connectivity index (χ4v) is 2.80. The Labute approximate surface area is 127 Å². The highest BCUT2D eigenvalue weighted by Gasteiger charge is 2.15. The highest BCUT2D eigenvalue weighted by molar-refractivity contribution is 9.11. The van der Waals surface area contributed by atoms with Crippen LogP contribution < -0.4 is 4.74 Å². The lowest BCUT2D eigenvalue weighted by molar-refractivity contribution is -0.385. The fourth-order valence-electron chi connectivity index (χ4n) is 1.41. The quantitative estimate of drug-likeness (QED) is 0.393. The molecule has 1 aromatic rings. The Bertz CT molecular complexity index is 468. The molecule has 0 atom stereocenters. The Balaban J connectivity index is 2.64. The molecule has 0 aliphatic rings. The molecule has 0 bridgehead atoms. The minimum atomic E-state index is -0.473. The summed E-state index contributed by atoms with van der Waals surface area (Å²) < 4.78 is 6.55. The molecule has 5 nitrogen and oxygen atoms in total. The van der Waals surface area contributed by atoms with Gasteiger partial charge in [-0.05, 0) is 38.3 Å². The molecule has 7 heteroatoms. The summed E-state index contributed by atoms with van der Waals surface area (Å²) in [6.07, 6.45) is 1.65. The Morgan fingerprint density at radius 2 is 1.95 bits per heavy atom. The van der Waals surface area contributed by atoms with Gasteiger partial charge < -0.3 is 4.74 Å². The van der Waals surface area contributed by atoms with E-state index in [1.807, 2.05) is 6.92 Å². The van der Waals surface area contributed by atoms with Crippen LogP contribution in [0.1, 0.15) is 26.2 Å². The number of carbonyl (C=O) groups is 1. The zero-order chi connectivity index (χ0) is 14.4. The smallest absolute Gasteiger partial charge is 0.271 e. The average Bonchev–Trinajstić information content (AvgIpc) is 2.36. The Morgan fingerprint density at radius 1 is 1.37 bits per heavy atom. The van der Waals surface area contributed by atoms with Crippen molar-refractivity contribution in [1.29, 1.82) is 0 Å². The van der Waals surface area contributed by atoms with Gasteiger partial charge in [-0.1, -0.05) is 6.92 Å². The van der Waals surface area contributed by atoms with E-state index in [0.29, 0.717) is 40.6 Å². The van der Waals surface area contributed by atoms with Crippen molar-refractivity contribution in [2.45, 2.75) is 26.2 Å². The maximum atomic E-state index is 11.1. The first-order chi connectivity index (χ1) is 8.95. The van der Waals surface area contributed by atoms with Crippen LogP contribution in [-0.2, 0) is 4.79 Å². The van der Waals surface area contributed by atoms with E-state index >= 15 is 0 Å². The number of ketones is 1. The first kappa shape index (κ1) is 16.1. The summed E-state index contributed by atoms with van der Waals surface area (Å²) in [6.45, 7) is 2.22. The number of hydrogen-bond donors (Lipinski definition) is 0. The molecule has 104 valence electrons. The van der Waals surface area contributed by atoms with E-state index in [1.54, 1.807) is 0 Å². The molecule has 1 rings (SSSR count). The maximum Gasteiger partial charge on any atom is 0.271 e. The maximum absolute atomic E-state index is 11.1. The van der Waals surface area contributed by atoms with E-state index in [0.717, 1.165) is 0 Å². The van der Waals surface area contributed by atoms with Crippen molar-refractivity contribution >= 4 is 43.3 Å². The zero-order valence-electron chi connectivity index (χ0n) is 10.3. The van der Waals surface area contributed by atoms with E-state index in [9.17, 15) is 14.9 Å². The van der Waals surface area contributed by atoms with Crippen LogP contribution in [0.3, 0.4) is 0 Å². The van der Waals surface area contributed by atoms with Crippen molar-refractivity contribution < 1.29 is 14.5 Å². The van der Waals surface area contributed by atoms with Gasteiger partial charge in [0, 0.05) is 25.0 Å². The minimum absolute atomic E-state index is 0.0211. The third-order valence-corrected chi connectivity index (χ3v) is 3.61. The summed E-state index contributed by atoms with van der Waals surface area (Å²) in [5.41, 5.74) is -0.0211.